The summed E-state index contributed by atoms with van der Waals surface area (Å²) in [5, 5.41) is 11.5. The molecule has 2 atom stereocenters. The van der Waals surface area contributed by atoms with E-state index in [9.17, 15) is 9.90 Å². The molecular formula is C17H27NO2. The van der Waals surface area contributed by atoms with Gasteiger partial charge in [-0.05, 0) is 16.4 Å². The molecule has 20 heavy (non-hydrogen) atoms. The van der Waals surface area contributed by atoms with Crippen molar-refractivity contribution in [2.45, 2.75) is 47.1 Å². The Kier molecular flexibility index (Phi) is 4.35. The van der Waals surface area contributed by atoms with E-state index in [4.69, 9.17) is 5.73 Å². The van der Waals surface area contributed by atoms with E-state index in [1.807, 2.05) is 71.9 Å². The molecule has 3 nitrogen and oxygen atoms in total. The van der Waals surface area contributed by atoms with Gasteiger partial charge in [0.15, 0.2) is 0 Å². The standard InChI is InChI=1S/C17H27NO2/c1-15(2,3)13(14(18)19)17(20,16(4,5)6)12-10-8-7-9-11-12/h7-11,13,20H,1-6H3,(H2,18,19). The first kappa shape index (κ1) is 16.7. The molecule has 1 aromatic carbocycles. The zero-order valence-electron chi connectivity index (χ0n) is 13.4. The number of nitrogens with two attached hydrogens (primary N) is 1. The molecule has 0 aromatic heterocycles. The normalized spacial score (nSPS) is 17.4. The van der Waals surface area contributed by atoms with E-state index in [1.165, 1.54) is 0 Å². The molecular weight excluding hydrogens is 250 g/mol. The van der Waals surface area contributed by atoms with Crippen LogP contribution in [0.3, 0.4) is 0 Å². The lowest BCUT2D eigenvalue weighted by Gasteiger charge is -2.49. The lowest BCUT2D eigenvalue weighted by molar-refractivity contribution is -0.164. The number of hydrogen-bond acceptors (Lipinski definition) is 2. The van der Waals surface area contributed by atoms with E-state index in [1.54, 1.807) is 0 Å². The van der Waals surface area contributed by atoms with Gasteiger partial charge in [0.1, 0.15) is 5.60 Å². The highest BCUT2D eigenvalue weighted by Gasteiger charge is 2.54. The van der Waals surface area contributed by atoms with E-state index in [2.05, 4.69) is 0 Å². The highest BCUT2D eigenvalue weighted by atomic mass is 16.3. The second-order valence-corrected chi connectivity index (χ2v) is 7.58. The van der Waals surface area contributed by atoms with Gasteiger partial charge in [0.2, 0.25) is 5.91 Å². The fourth-order valence-corrected chi connectivity index (χ4v) is 2.98. The van der Waals surface area contributed by atoms with Gasteiger partial charge >= 0.3 is 0 Å². The Morgan fingerprint density at radius 3 is 1.80 bits per heavy atom. The molecule has 0 radical (unpaired) electrons. The van der Waals surface area contributed by atoms with Gasteiger partial charge in [-0.2, -0.15) is 0 Å². The third-order valence-electron chi connectivity index (χ3n) is 3.93. The molecule has 3 heteroatoms. The summed E-state index contributed by atoms with van der Waals surface area (Å²) in [6.07, 6.45) is 0. The van der Waals surface area contributed by atoms with Crippen molar-refractivity contribution in [2.75, 3.05) is 0 Å². The summed E-state index contributed by atoms with van der Waals surface area (Å²) in [4.78, 5) is 12.1. The van der Waals surface area contributed by atoms with Crippen molar-refractivity contribution in [3.63, 3.8) is 0 Å². The molecule has 0 bridgehead atoms. The van der Waals surface area contributed by atoms with E-state index in [-0.39, 0.29) is 0 Å². The third-order valence-corrected chi connectivity index (χ3v) is 3.93. The highest BCUT2D eigenvalue weighted by Crippen LogP contribution is 2.50. The minimum Gasteiger partial charge on any atom is -0.384 e. The molecule has 0 aliphatic heterocycles. The van der Waals surface area contributed by atoms with Gasteiger partial charge < -0.3 is 10.8 Å². The van der Waals surface area contributed by atoms with Crippen LogP contribution in [0.2, 0.25) is 0 Å². The SMILES string of the molecule is CC(C)(C)C(C(N)=O)C(O)(c1ccccc1)C(C)(C)C. The first-order chi connectivity index (χ1) is 8.92. The largest absolute Gasteiger partial charge is 0.384 e. The second kappa shape index (κ2) is 5.21. The van der Waals surface area contributed by atoms with Crippen LogP contribution >= 0.6 is 0 Å². The highest BCUT2D eigenvalue weighted by molar-refractivity contribution is 5.79. The number of benzene rings is 1. The predicted octanol–water partition coefficient (Wildman–Crippen LogP) is 3.07. The maximum absolute atomic E-state index is 12.1. The van der Waals surface area contributed by atoms with Crippen LogP contribution in [-0.4, -0.2) is 11.0 Å². The van der Waals surface area contributed by atoms with E-state index in [0.717, 1.165) is 5.56 Å². The average molecular weight is 277 g/mol. The number of aliphatic hydroxyl groups is 1. The molecule has 1 amide bonds. The topological polar surface area (TPSA) is 63.3 Å². The summed E-state index contributed by atoms with van der Waals surface area (Å²) >= 11 is 0. The Balaban J connectivity index is 3.59. The predicted molar refractivity (Wildman–Crippen MR) is 81.9 cm³/mol. The maximum atomic E-state index is 12.1. The fraction of sp³-hybridized carbons (Fsp3) is 0.588. The number of amides is 1. The third kappa shape index (κ3) is 2.88. The van der Waals surface area contributed by atoms with Crippen LogP contribution in [0.4, 0.5) is 0 Å². The summed E-state index contributed by atoms with van der Waals surface area (Å²) in [6, 6.07) is 9.34. The molecule has 0 heterocycles. The van der Waals surface area contributed by atoms with E-state index in [0.29, 0.717) is 0 Å². The molecule has 0 fully saturated rings. The van der Waals surface area contributed by atoms with Crippen LogP contribution in [-0.2, 0) is 10.4 Å². The Bertz CT molecular complexity index is 468. The molecule has 1 rings (SSSR count). The summed E-state index contributed by atoms with van der Waals surface area (Å²) in [6.45, 7) is 11.6. The van der Waals surface area contributed by atoms with Crippen LogP contribution in [0.1, 0.15) is 47.1 Å². The summed E-state index contributed by atoms with van der Waals surface area (Å²) in [5.74, 6) is -1.16. The Labute approximate surface area is 122 Å². The van der Waals surface area contributed by atoms with Gasteiger partial charge in [0.25, 0.3) is 0 Å². The summed E-state index contributed by atoms with van der Waals surface area (Å²) in [7, 11) is 0. The molecule has 1 aromatic rings. The van der Waals surface area contributed by atoms with Crippen LogP contribution in [0, 0.1) is 16.7 Å². The van der Waals surface area contributed by atoms with Gasteiger partial charge in [-0.1, -0.05) is 71.9 Å². The molecule has 2 unspecified atom stereocenters. The van der Waals surface area contributed by atoms with Crippen LogP contribution < -0.4 is 5.73 Å². The van der Waals surface area contributed by atoms with Crippen LogP contribution in [0.25, 0.3) is 0 Å². The number of carbonyl (C=O) groups is 1. The van der Waals surface area contributed by atoms with Gasteiger partial charge in [-0.25, -0.2) is 0 Å². The van der Waals surface area contributed by atoms with Crippen LogP contribution in [0.15, 0.2) is 30.3 Å². The Morgan fingerprint density at radius 1 is 1.05 bits per heavy atom. The lowest BCUT2D eigenvalue weighted by atomic mass is 9.58. The maximum Gasteiger partial charge on any atom is 0.224 e. The molecule has 0 spiro atoms. The molecule has 3 N–H and O–H groups in total. The second-order valence-electron chi connectivity index (χ2n) is 7.58. The first-order valence-corrected chi connectivity index (χ1v) is 6.99. The lowest BCUT2D eigenvalue weighted by Crippen LogP contribution is -2.56. The van der Waals surface area contributed by atoms with Crippen molar-refractivity contribution in [1.82, 2.24) is 0 Å². The minimum atomic E-state index is -1.32. The van der Waals surface area contributed by atoms with Gasteiger partial charge in [-0.15, -0.1) is 0 Å². The Hall–Kier alpha value is -1.35. The zero-order chi connectivity index (χ0) is 15.8. The van der Waals surface area contributed by atoms with Crippen molar-refractivity contribution in [2.24, 2.45) is 22.5 Å². The van der Waals surface area contributed by atoms with Gasteiger partial charge in [-0.3, -0.25) is 4.79 Å². The van der Waals surface area contributed by atoms with Crippen molar-refractivity contribution in [3.05, 3.63) is 35.9 Å². The van der Waals surface area contributed by atoms with Crippen molar-refractivity contribution in [1.29, 1.82) is 0 Å². The smallest absolute Gasteiger partial charge is 0.224 e. The van der Waals surface area contributed by atoms with Gasteiger partial charge in [0.05, 0.1) is 5.92 Å². The van der Waals surface area contributed by atoms with E-state index < -0.39 is 28.3 Å². The molecule has 0 saturated heterocycles. The molecule has 0 aliphatic rings. The van der Waals surface area contributed by atoms with Gasteiger partial charge in [0, 0.05) is 0 Å². The fourth-order valence-electron chi connectivity index (χ4n) is 2.98. The molecule has 112 valence electrons. The number of carbonyl (C=O) groups excluding carboxylic acids is 1. The van der Waals surface area contributed by atoms with Crippen molar-refractivity contribution >= 4 is 5.91 Å². The summed E-state index contributed by atoms with van der Waals surface area (Å²) in [5.41, 5.74) is 4.08. The molecule has 0 saturated carbocycles. The number of hydrogen-bond donors (Lipinski definition) is 2. The molecule has 0 aliphatic carbocycles. The van der Waals surface area contributed by atoms with Crippen molar-refractivity contribution < 1.29 is 9.90 Å². The minimum absolute atomic E-state index is 0.441. The van der Waals surface area contributed by atoms with Crippen molar-refractivity contribution in [3.8, 4) is 0 Å². The monoisotopic (exact) mass is 277 g/mol. The summed E-state index contributed by atoms with van der Waals surface area (Å²) < 4.78 is 0. The van der Waals surface area contributed by atoms with E-state index >= 15 is 0 Å². The average Bonchev–Trinajstić information content (AvgIpc) is 2.26. The van der Waals surface area contributed by atoms with Crippen LogP contribution in [0.5, 0.6) is 0 Å². The zero-order valence-corrected chi connectivity index (χ0v) is 13.4. The first-order valence-electron chi connectivity index (χ1n) is 6.99. The number of rotatable bonds is 3. The quantitative estimate of drug-likeness (QED) is 0.892. The Morgan fingerprint density at radius 2 is 1.50 bits per heavy atom. The number of primary amides is 1.